The largest absolute Gasteiger partial charge is 0.444 e. The number of thiazole rings is 2. The number of nitriles is 2. The van der Waals surface area contributed by atoms with Crippen LogP contribution in [0.3, 0.4) is 0 Å². The van der Waals surface area contributed by atoms with E-state index < -0.39 is 5.60 Å². The number of likely N-dealkylation sites (tertiary alicyclic amines) is 1. The van der Waals surface area contributed by atoms with Gasteiger partial charge in [-0.15, -0.1) is 0 Å². The topological polar surface area (TPSA) is 257 Å². The van der Waals surface area contributed by atoms with Crippen LogP contribution in [-0.4, -0.2) is 144 Å². The van der Waals surface area contributed by atoms with E-state index in [1.807, 2.05) is 97.7 Å². The van der Waals surface area contributed by atoms with Crippen LogP contribution in [0.25, 0.3) is 56.1 Å². The van der Waals surface area contributed by atoms with Crippen molar-refractivity contribution in [2.75, 3.05) is 86.1 Å². The van der Waals surface area contributed by atoms with Crippen molar-refractivity contribution < 1.29 is 23.1 Å². The van der Waals surface area contributed by atoms with Crippen LogP contribution in [0.4, 0.5) is 47.4 Å². The third-order valence-corrected chi connectivity index (χ3v) is 20.7. The van der Waals surface area contributed by atoms with Gasteiger partial charge in [-0.25, -0.2) is 53.4 Å². The first-order valence-electron chi connectivity index (χ1n) is 34.3. The van der Waals surface area contributed by atoms with Crippen LogP contribution in [-0.2, 0) is 22.4 Å². The monoisotopic (exact) mass is 1420 g/mol. The Kier molecular flexibility index (Phi) is 24.4. The number of nitrogens with two attached hydrogens (primary N) is 1. The lowest BCUT2D eigenvalue weighted by atomic mass is 9.83. The zero-order valence-corrected chi connectivity index (χ0v) is 59.2. The predicted octanol–water partition coefficient (Wildman–Crippen LogP) is 14.9. The van der Waals surface area contributed by atoms with Gasteiger partial charge in [0.1, 0.15) is 79.2 Å². The van der Waals surface area contributed by atoms with Gasteiger partial charge in [-0.1, -0.05) is 51.4 Å². The summed E-state index contributed by atoms with van der Waals surface area (Å²) in [6.45, 7) is 16.8. The van der Waals surface area contributed by atoms with Crippen LogP contribution in [0.1, 0.15) is 128 Å². The first-order chi connectivity index (χ1) is 48.3. The number of halogens is 2. The van der Waals surface area contributed by atoms with E-state index in [0.29, 0.717) is 80.8 Å². The second-order valence-electron chi connectivity index (χ2n) is 26.7. The van der Waals surface area contributed by atoms with Crippen molar-refractivity contribution in [2.24, 2.45) is 17.6 Å². The summed E-state index contributed by atoms with van der Waals surface area (Å²) in [6, 6.07) is 24.8. The molecule has 0 aliphatic carbocycles. The Bertz CT molecular complexity index is 4560. The molecular formula is C76H91F2N19O3S2. The number of Topliss-reactive ketones (excluding diaryl/α,β-unsaturated/α-hetero) is 1. The highest BCUT2D eigenvalue weighted by atomic mass is 32.1. The molecule has 26 heteroatoms. The summed E-state index contributed by atoms with van der Waals surface area (Å²) in [5, 5.41) is 24.4. The molecule has 102 heavy (non-hydrogen) atoms. The van der Waals surface area contributed by atoms with E-state index in [2.05, 4.69) is 55.9 Å². The molecule has 4 fully saturated rings. The van der Waals surface area contributed by atoms with Crippen molar-refractivity contribution in [1.29, 1.82) is 10.5 Å². The molecule has 4 aliphatic rings. The van der Waals surface area contributed by atoms with E-state index in [1.165, 1.54) is 92.1 Å². The molecule has 1 amide bonds. The maximum atomic E-state index is 13.6. The maximum Gasteiger partial charge on any atom is 0.410 e. The van der Waals surface area contributed by atoms with Crippen molar-refractivity contribution in [3.63, 3.8) is 0 Å². The lowest BCUT2D eigenvalue weighted by Crippen LogP contribution is -2.44. The molecule has 14 rings (SSSR count). The number of hydrogen-bond donors (Lipinski definition) is 2. The van der Waals surface area contributed by atoms with Crippen molar-refractivity contribution in [1.82, 2.24) is 58.9 Å². The number of rotatable bonds is 14. The molecule has 0 spiro atoms. The average Bonchev–Trinajstić information content (AvgIpc) is 1.61. The Hall–Kier alpha value is -9.86. The number of carbonyl (C=O) groups excluding carboxylic acids is 2. The number of imidazole rings is 2. The van der Waals surface area contributed by atoms with Gasteiger partial charge in [0.25, 0.3) is 0 Å². The SMILES string of the molecule is C.C.CC(C)(C)OC(=O)N1CCC(N)CC1.CCc1nc2ccc(-c3cnc(N4CCC(=O)CC4)nc3)cn2c1N(C)c1nc(-c2ccc(F)cc2)c(C#N)s1.CCc1nc2ccc(-c3cnc(N4CCC(CC5CCNCC5)CC4)nc3)cn2c1N(C)c1nc(-c2ccc(F)cc2)c(C#N)s1. The summed E-state index contributed by atoms with van der Waals surface area (Å²) in [7, 11) is 3.85. The van der Waals surface area contributed by atoms with Crippen LogP contribution in [0, 0.1) is 46.1 Å². The van der Waals surface area contributed by atoms with E-state index in [4.69, 9.17) is 40.4 Å². The number of nitrogens with zero attached hydrogens (tertiary/aromatic N) is 17. The lowest BCUT2D eigenvalue weighted by Gasteiger charge is -2.34. The smallest absolute Gasteiger partial charge is 0.410 e. The van der Waals surface area contributed by atoms with Crippen LogP contribution in [0.15, 0.2) is 110 Å². The quantitative estimate of drug-likeness (QED) is 0.103. The molecule has 4 saturated heterocycles. The fourth-order valence-electron chi connectivity index (χ4n) is 13.1. The molecule has 0 atom stereocenters. The zero-order chi connectivity index (χ0) is 70.2. The van der Waals surface area contributed by atoms with Crippen molar-refractivity contribution in [3.05, 3.63) is 143 Å². The highest BCUT2D eigenvalue weighted by Gasteiger charge is 2.29. The van der Waals surface area contributed by atoms with Crippen LogP contribution in [0.2, 0.25) is 0 Å². The normalized spacial score (nSPS) is 15.3. The van der Waals surface area contributed by atoms with Crippen molar-refractivity contribution in [3.8, 4) is 56.9 Å². The molecule has 534 valence electrons. The number of ether oxygens (including phenoxy) is 1. The van der Waals surface area contributed by atoms with Gasteiger partial charge >= 0.3 is 6.09 Å². The molecule has 10 aromatic rings. The van der Waals surface area contributed by atoms with Gasteiger partial charge in [0, 0.05) is 143 Å². The molecule has 12 heterocycles. The number of aromatic nitrogens is 10. The number of amides is 1. The van der Waals surface area contributed by atoms with Gasteiger partial charge in [0.05, 0.1) is 11.4 Å². The second-order valence-corrected chi connectivity index (χ2v) is 28.7. The maximum absolute atomic E-state index is 13.6. The van der Waals surface area contributed by atoms with Crippen LogP contribution < -0.4 is 30.7 Å². The number of pyridine rings is 2. The Balaban J connectivity index is 0.000000183. The zero-order valence-electron chi connectivity index (χ0n) is 57.5. The standard InChI is InChI=1S/C35H38FN9S.C29H25FN8OS.C10H20N2O2.2CH4/c1-3-29-33(43(2)35-42-32(30(19-37)46-35)25-4-7-28(36)8-5-25)45-22-26(6-9-31(45)41-29)27-20-39-34(40-21-27)44-16-12-24(13-17-44)18-23-10-14-38-15-11-23;1-3-23-27(36(2)29-35-26(24(14-31)40-29)18-4-7-21(30)8-5-18)38-17-19(6-9-25(38)34-23)20-15-32-28(33-16-20)37-12-10-22(39)11-13-37;1-10(2,3)14-9(13)12-6-4-8(11)5-7-12;;/h4-9,20-24,38H,3,10-18H2,1-2H3;4-9,15-17H,3,10-13H2,1-2H3;8H,4-7,11H2,1-3H3;2*1H4. The predicted molar refractivity (Wildman–Crippen MR) is 402 cm³/mol. The van der Waals surface area contributed by atoms with E-state index in [0.717, 1.165) is 120 Å². The Morgan fingerprint density at radius 3 is 1.42 bits per heavy atom. The minimum absolute atomic E-state index is 0. The highest BCUT2D eigenvalue weighted by molar-refractivity contribution is 7.17. The molecule has 4 aliphatic heterocycles. The highest BCUT2D eigenvalue weighted by Crippen LogP contribution is 2.40. The third-order valence-electron chi connectivity index (χ3n) is 18.6. The Morgan fingerprint density at radius 1 is 0.598 bits per heavy atom. The number of benzene rings is 2. The first kappa shape index (κ1) is 74.8. The van der Waals surface area contributed by atoms with E-state index in [-0.39, 0.29) is 44.4 Å². The number of ketones is 1. The van der Waals surface area contributed by atoms with Gasteiger partial charge in [0.15, 0.2) is 10.3 Å². The average molecular weight is 1420 g/mol. The molecule has 0 bridgehead atoms. The summed E-state index contributed by atoms with van der Waals surface area (Å²) < 4.78 is 36.4. The van der Waals surface area contributed by atoms with Crippen LogP contribution >= 0.6 is 22.7 Å². The first-order valence-corrected chi connectivity index (χ1v) is 35.9. The molecule has 22 nitrogen and oxygen atoms in total. The molecule has 2 aromatic carbocycles. The number of carbonyl (C=O) groups is 2. The van der Waals surface area contributed by atoms with Crippen molar-refractivity contribution in [2.45, 2.75) is 132 Å². The summed E-state index contributed by atoms with van der Waals surface area (Å²) >= 11 is 2.59. The van der Waals surface area contributed by atoms with Gasteiger partial charge < -0.3 is 40.3 Å². The van der Waals surface area contributed by atoms with E-state index >= 15 is 0 Å². The Morgan fingerprint density at radius 2 is 1.01 bits per heavy atom. The summed E-state index contributed by atoms with van der Waals surface area (Å²) in [4.78, 5) is 72.2. The summed E-state index contributed by atoms with van der Waals surface area (Å²) in [5.41, 5.74) is 14.9. The number of aryl methyl sites for hydroxylation is 2. The molecule has 3 N–H and O–H groups in total. The van der Waals surface area contributed by atoms with Gasteiger partial charge in [-0.2, -0.15) is 10.5 Å². The fraction of sp³-hybridized carbons (Fsp3) is 0.421. The number of nitrogens with one attached hydrogen (secondary N) is 1. The molecule has 0 saturated carbocycles. The molecule has 8 aromatic heterocycles. The minimum atomic E-state index is -0.406. The third kappa shape index (κ3) is 17.4. The Labute approximate surface area is 603 Å². The number of hydrogen-bond acceptors (Lipinski definition) is 21. The lowest BCUT2D eigenvalue weighted by molar-refractivity contribution is -0.119. The van der Waals surface area contributed by atoms with Gasteiger partial charge in [-0.05, 0) is 176 Å². The molecular weight excluding hydrogens is 1330 g/mol. The molecule has 0 unspecified atom stereocenters. The summed E-state index contributed by atoms with van der Waals surface area (Å²) in [5.74, 6) is 4.46. The van der Waals surface area contributed by atoms with E-state index in [9.17, 15) is 28.9 Å². The van der Waals surface area contributed by atoms with Gasteiger partial charge in [-0.3, -0.25) is 13.6 Å². The number of piperidine rings is 4. The molecule has 0 radical (unpaired) electrons. The minimum Gasteiger partial charge on any atom is -0.444 e. The second kappa shape index (κ2) is 33.3. The van der Waals surface area contributed by atoms with Crippen LogP contribution in [0.5, 0.6) is 0 Å². The van der Waals surface area contributed by atoms with Crippen molar-refractivity contribution >= 4 is 79.6 Å². The fourth-order valence-corrected chi connectivity index (χ4v) is 14.8. The van der Waals surface area contributed by atoms with E-state index in [1.54, 1.807) is 41.6 Å². The van der Waals surface area contributed by atoms with Gasteiger partial charge in [0.2, 0.25) is 11.9 Å². The summed E-state index contributed by atoms with van der Waals surface area (Å²) in [6.07, 6.45) is 21.9. The number of fused-ring (bicyclic) bond motifs is 2. The number of anilines is 6.